The predicted octanol–water partition coefficient (Wildman–Crippen LogP) is 0.839. The molecule has 4 nitrogen and oxygen atoms in total. The van der Waals surface area contributed by atoms with Crippen molar-refractivity contribution in [2.75, 3.05) is 32.6 Å². The van der Waals surface area contributed by atoms with E-state index in [1.54, 1.807) is 11.0 Å². The molecule has 0 heterocycles. The monoisotopic (exact) mass is 246 g/mol. The Morgan fingerprint density at radius 1 is 1.39 bits per heavy atom. The van der Waals surface area contributed by atoms with Gasteiger partial charge in [0.05, 0.1) is 6.54 Å². The summed E-state index contributed by atoms with van der Waals surface area (Å²) < 4.78 is 0. The van der Waals surface area contributed by atoms with Crippen LogP contribution in [0.3, 0.4) is 0 Å². The summed E-state index contributed by atoms with van der Waals surface area (Å²) in [6, 6.07) is 5.59. The highest BCUT2D eigenvalue weighted by Gasteiger charge is 2.04. The molecule has 1 aromatic rings. The van der Waals surface area contributed by atoms with E-state index in [2.05, 4.69) is 17.2 Å². The van der Waals surface area contributed by atoms with Crippen LogP contribution < -0.4 is 5.32 Å². The van der Waals surface area contributed by atoms with Crippen molar-refractivity contribution in [1.82, 2.24) is 4.90 Å². The molecule has 0 fully saturated rings. The summed E-state index contributed by atoms with van der Waals surface area (Å²) >= 11 is 0. The molecular weight excluding hydrogens is 228 g/mol. The number of hydrogen-bond donors (Lipinski definition) is 2. The highest BCUT2D eigenvalue weighted by atomic mass is 16.2. The predicted molar refractivity (Wildman–Crippen MR) is 72.3 cm³/mol. The first kappa shape index (κ1) is 14.2. The van der Waals surface area contributed by atoms with Crippen LogP contribution in [0.25, 0.3) is 0 Å². The van der Waals surface area contributed by atoms with Gasteiger partial charge >= 0.3 is 0 Å². The Kier molecular flexibility index (Phi) is 5.37. The van der Waals surface area contributed by atoms with Gasteiger partial charge in [0.25, 0.3) is 0 Å². The van der Waals surface area contributed by atoms with E-state index in [0.717, 1.165) is 16.8 Å². The molecule has 0 bridgehead atoms. The number of aliphatic hydroxyl groups is 1. The summed E-state index contributed by atoms with van der Waals surface area (Å²) in [6.07, 6.45) is 0. The van der Waals surface area contributed by atoms with Crippen molar-refractivity contribution in [3.8, 4) is 11.8 Å². The molecule has 0 saturated carbocycles. The van der Waals surface area contributed by atoms with E-state index >= 15 is 0 Å². The first-order valence-corrected chi connectivity index (χ1v) is 5.67. The van der Waals surface area contributed by atoms with Crippen LogP contribution in [0.15, 0.2) is 18.2 Å². The molecule has 1 amide bonds. The molecule has 2 N–H and O–H groups in total. The summed E-state index contributed by atoms with van der Waals surface area (Å²) in [5.74, 6) is 5.35. The molecule has 0 radical (unpaired) electrons. The molecule has 0 aliphatic heterocycles. The van der Waals surface area contributed by atoms with Crippen molar-refractivity contribution < 1.29 is 9.90 Å². The van der Waals surface area contributed by atoms with E-state index in [9.17, 15) is 4.79 Å². The van der Waals surface area contributed by atoms with Crippen molar-refractivity contribution in [2.24, 2.45) is 0 Å². The SMILES string of the molecule is Cc1cc(C#CCO)cc(NC(=O)CN(C)C)c1. The number of anilines is 1. The zero-order chi connectivity index (χ0) is 13.5. The molecule has 0 aliphatic rings. The van der Waals surface area contributed by atoms with Gasteiger partial charge in [-0.2, -0.15) is 0 Å². The van der Waals surface area contributed by atoms with Crippen LogP contribution in [0, 0.1) is 18.8 Å². The van der Waals surface area contributed by atoms with Gasteiger partial charge < -0.3 is 15.3 Å². The third-order valence-electron chi connectivity index (χ3n) is 2.13. The van der Waals surface area contributed by atoms with Gasteiger partial charge in [0.2, 0.25) is 5.91 Å². The number of aryl methyl sites for hydroxylation is 1. The lowest BCUT2D eigenvalue weighted by Crippen LogP contribution is -2.27. The van der Waals surface area contributed by atoms with Crippen molar-refractivity contribution >= 4 is 11.6 Å². The van der Waals surface area contributed by atoms with Crippen molar-refractivity contribution in [3.63, 3.8) is 0 Å². The lowest BCUT2D eigenvalue weighted by Gasteiger charge is -2.11. The minimum absolute atomic E-state index is 0.0633. The quantitative estimate of drug-likeness (QED) is 0.777. The third kappa shape index (κ3) is 5.00. The number of carbonyl (C=O) groups excluding carboxylic acids is 1. The summed E-state index contributed by atoms with van der Waals surface area (Å²) in [7, 11) is 3.68. The summed E-state index contributed by atoms with van der Waals surface area (Å²) in [6.45, 7) is 2.10. The van der Waals surface area contributed by atoms with Crippen LogP contribution in [0.2, 0.25) is 0 Å². The van der Waals surface area contributed by atoms with Gasteiger partial charge in [0.1, 0.15) is 6.61 Å². The molecule has 18 heavy (non-hydrogen) atoms. The lowest BCUT2D eigenvalue weighted by atomic mass is 10.1. The Hall–Kier alpha value is -1.83. The highest BCUT2D eigenvalue weighted by molar-refractivity contribution is 5.92. The van der Waals surface area contributed by atoms with Gasteiger partial charge in [-0.3, -0.25) is 4.79 Å². The second-order valence-electron chi connectivity index (χ2n) is 4.33. The number of benzene rings is 1. The average molecular weight is 246 g/mol. The fraction of sp³-hybridized carbons (Fsp3) is 0.357. The van der Waals surface area contributed by atoms with Gasteiger partial charge in [-0.1, -0.05) is 11.8 Å². The van der Waals surface area contributed by atoms with Crippen LogP contribution in [0.1, 0.15) is 11.1 Å². The molecule has 0 aliphatic carbocycles. The molecule has 0 unspecified atom stereocenters. The first-order chi connectivity index (χ1) is 8.51. The average Bonchev–Trinajstić information content (AvgIpc) is 2.24. The van der Waals surface area contributed by atoms with E-state index in [1.165, 1.54) is 0 Å². The number of nitrogens with zero attached hydrogens (tertiary/aromatic N) is 1. The number of rotatable bonds is 3. The topological polar surface area (TPSA) is 52.6 Å². The molecule has 1 aromatic carbocycles. The zero-order valence-corrected chi connectivity index (χ0v) is 10.9. The van der Waals surface area contributed by atoms with Gasteiger partial charge in [-0.05, 0) is 44.8 Å². The van der Waals surface area contributed by atoms with Gasteiger partial charge in [0.15, 0.2) is 0 Å². The molecule has 96 valence electrons. The normalized spacial score (nSPS) is 9.83. The number of aliphatic hydroxyl groups excluding tert-OH is 1. The number of nitrogens with one attached hydrogen (secondary N) is 1. The van der Waals surface area contributed by atoms with Crippen LogP contribution in [0.4, 0.5) is 5.69 Å². The minimum atomic E-state index is -0.170. The molecule has 1 rings (SSSR count). The highest BCUT2D eigenvalue weighted by Crippen LogP contribution is 2.13. The number of carbonyl (C=O) groups is 1. The lowest BCUT2D eigenvalue weighted by molar-refractivity contribution is -0.116. The van der Waals surface area contributed by atoms with E-state index < -0.39 is 0 Å². The Morgan fingerprint density at radius 2 is 2.11 bits per heavy atom. The maximum absolute atomic E-state index is 11.6. The van der Waals surface area contributed by atoms with Crippen LogP contribution in [0.5, 0.6) is 0 Å². The minimum Gasteiger partial charge on any atom is -0.384 e. The second-order valence-corrected chi connectivity index (χ2v) is 4.33. The Bertz CT molecular complexity index is 484. The number of likely N-dealkylation sites (N-methyl/N-ethyl adjacent to an activating group) is 1. The van der Waals surface area contributed by atoms with Crippen LogP contribution >= 0.6 is 0 Å². The van der Waals surface area contributed by atoms with E-state index in [1.807, 2.05) is 33.2 Å². The molecule has 0 aromatic heterocycles. The van der Waals surface area contributed by atoms with E-state index in [0.29, 0.717) is 6.54 Å². The van der Waals surface area contributed by atoms with Crippen molar-refractivity contribution in [3.05, 3.63) is 29.3 Å². The van der Waals surface area contributed by atoms with Crippen molar-refractivity contribution in [2.45, 2.75) is 6.92 Å². The van der Waals surface area contributed by atoms with Gasteiger partial charge in [-0.15, -0.1) is 0 Å². The van der Waals surface area contributed by atoms with E-state index in [-0.39, 0.29) is 12.5 Å². The maximum atomic E-state index is 11.6. The Morgan fingerprint density at radius 3 is 2.72 bits per heavy atom. The summed E-state index contributed by atoms with van der Waals surface area (Å²) in [5, 5.41) is 11.5. The standard InChI is InChI=1S/C14H18N2O2/c1-11-7-12(5-4-6-17)9-13(8-11)15-14(18)10-16(2)3/h7-9,17H,6,10H2,1-3H3,(H,15,18). The van der Waals surface area contributed by atoms with Crippen LogP contribution in [-0.2, 0) is 4.79 Å². The first-order valence-electron chi connectivity index (χ1n) is 5.67. The maximum Gasteiger partial charge on any atom is 0.238 e. The zero-order valence-electron chi connectivity index (χ0n) is 10.9. The Labute approximate surface area is 108 Å². The van der Waals surface area contributed by atoms with Gasteiger partial charge in [0, 0.05) is 11.3 Å². The molecule has 0 spiro atoms. The summed E-state index contributed by atoms with van der Waals surface area (Å²) in [4.78, 5) is 13.4. The van der Waals surface area contributed by atoms with Gasteiger partial charge in [-0.25, -0.2) is 0 Å². The molecule has 4 heteroatoms. The largest absolute Gasteiger partial charge is 0.384 e. The number of hydrogen-bond acceptors (Lipinski definition) is 3. The second kappa shape index (κ2) is 6.80. The fourth-order valence-corrected chi connectivity index (χ4v) is 1.56. The molecule has 0 atom stereocenters. The Balaban J connectivity index is 2.83. The fourth-order valence-electron chi connectivity index (χ4n) is 1.56. The van der Waals surface area contributed by atoms with Crippen molar-refractivity contribution in [1.29, 1.82) is 0 Å². The molecular formula is C14H18N2O2. The third-order valence-corrected chi connectivity index (χ3v) is 2.13. The smallest absolute Gasteiger partial charge is 0.238 e. The summed E-state index contributed by atoms with van der Waals surface area (Å²) in [5.41, 5.74) is 2.52. The molecule has 0 saturated heterocycles. The number of amides is 1. The van der Waals surface area contributed by atoms with E-state index in [4.69, 9.17) is 5.11 Å². The van der Waals surface area contributed by atoms with Crippen LogP contribution in [-0.4, -0.2) is 43.2 Å².